The van der Waals surface area contributed by atoms with Gasteiger partial charge in [0.2, 0.25) is 0 Å². The van der Waals surface area contributed by atoms with E-state index in [-0.39, 0.29) is 11.9 Å². The van der Waals surface area contributed by atoms with E-state index in [0.29, 0.717) is 12.1 Å². The summed E-state index contributed by atoms with van der Waals surface area (Å²) in [7, 11) is 1.81. The second-order valence-electron chi connectivity index (χ2n) is 4.78. The molecule has 1 saturated heterocycles. The summed E-state index contributed by atoms with van der Waals surface area (Å²) in [5, 5.41) is 7.06. The van der Waals surface area contributed by atoms with Crippen molar-refractivity contribution >= 4 is 5.91 Å². The highest BCUT2D eigenvalue weighted by Crippen LogP contribution is 2.10. The summed E-state index contributed by atoms with van der Waals surface area (Å²) >= 11 is 0. The number of rotatable bonds is 4. The molecule has 6 nitrogen and oxygen atoms in total. The van der Waals surface area contributed by atoms with Gasteiger partial charge in [0.05, 0.1) is 11.8 Å². The van der Waals surface area contributed by atoms with Crippen molar-refractivity contribution in [2.24, 2.45) is 12.8 Å². The quantitative estimate of drug-likeness (QED) is 0.761. The largest absolute Gasteiger partial charge is 0.349 e. The number of nitrogens with one attached hydrogen (secondary N) is 1. The number of aryl methyl sites for hydroxylation is 1. The van der Waals surface area contributed by atoms with Crippen LogP contribution in [0.15, 0.2) is 12.4 Å². The van der Waals surface area contributed by atoms with E-state index < -0.39 is 0 Å². The second-order valence-corrected chi connectivity index (χ2v) is 4.78. The average Bonchev–Trinajstić information content (AvgIpc) is 2.79. The average molecular weight is 251 g/mol. The summed E-state index contributed by atoms with van der Waals surface area (Å²) in [6, 6.07) is 0.270. The van der Waals surface area contributed by atoms with Gasteiger partial charge in [-0.05, 0) is 12.8 Å². The summed E-state index contributed by atoms with van der Waals surface area (Å²) in [6.45, 7) is 3.67. The Bertz CT molecular complexity index is 395. The Balaban J connectivity index is 1.79. The summed E-state index contributed by atoms with van der Waals surface area (Å²) in [6.07, 6.45) is 5.32. The number of piperidine rings is 1. The molecule has 0 spiro atoms. The maximum atomic E-state index is 11.9. The highest BCUT2D eigenvalue weighted by Gasteiger charge is 2.20. The van der Waals surface area contributed by atoms with Crippen molar-refractivity contribution < 1.29 is 4.79 Å². The summed E-state index contributed by atoms with van der Waals surface area (Å²) < 4.78 is 1.64. The van der Waals surface area contributed by atoms with Gasteiger partial charge in [0.25, 0.3) is 5.91 Å². The van der Waals surface area contributed by atoms with Gasteiger partial charge in [-0.3, -0.25) is 9.48 Å². The van der Waals surface area contributed by atoms with E-state index in [4.69, 9.17) is 5.73 Å². The summed E-state index contributed by atoms with van der Waals surface area (Å²) in [4.78, 5) is 14.3. The first-order valence-corrected chi connectivity index (χ1v) is 6.41. The zero-order chi connectivity index (χ0) is 13.0. The molecule has 1 aliphatic rings. The van der Waals surface area contributed by atoms with Crippen molar-refractivity contribution in [2.45, 2.75) is 18.9 Å². The number of hydrogen-bond acceptors (Lipinski definition) is 4. The standard InChI is InChI=1S/C12H21N5O/c1-16-9-10(8-14-16)12(18)15-11-2-5-17(6-3-11)7-4-13/h8-9,11H,2-7,13H2,1H3,(H,15,18). The lowest BCUT2D eigenvalue weighted by atomic mass is 10.0. The fourth-order valence-electron chi connectivity index (χ4n) is 2.29. The predicted molar refractivity (Wildman–Crippen MR) is 69.2 cm³/mol. The molecule has 100 valence electrons. The van der Waals surface area contributed by atoms with Gasteiger partial charge in [-0.2, -0.15) is 5.10 Å². The zero-order valence-corrected chi connectivity index (χ0v) is 10.8. The van der Waals surface area contributed by atoms with E-state index in [1.54, 1.807) is 17.1 Å². The number of likely N-dealkylation sites (tertiary alicyclic amines) is 1. The molecule has 18 heavy (non-hydrogen) atoms. The van der Waals surface area contributed by atoms with E-state index in [1.165, 1.54) is 0 Å². The highest BCUT2D eigenvalue weighted by molar-refractivity contribution is 5.93. The lowest BCUT2D eigenvalue weighted by Gasteiger charge is -2.31. The predicted octanol–water partition coefficient (Wildman–Crippen LogP) is -0.427. The molecule has 1 aromatic heterocycles. The fraction of sp³-hybridized carbons (Fsp3) is 0.667. The van der Waals surface area contributed by atoms with Crippen LogP contribution in [0, 0.1) is 0 Å². The topological polar surface area (TPSA) is 76.2 Å². The molecule has 1 aromatic rings. The van der Waals surface area contributed by atoms with Crippen molar-refractivity contribution in [3.05, 3.63) is 18.0 Å². The minimum Gasteiger partial charge on any atom is -0.349 e. The Morgan fingerprint density at radius 1 is 1.56 bits per heavy atom. The van der Waals surface area contributed by atoms with Crippen molar-refractivity contribution in [1.29, 1.82) is 0 Å². The van der Waals surface area contributed by atoms with Crippen molar-refractivity contribution in [2.75, 3.05) is 26.2 Å². The van der Waals surface area contributed by atoms with Crippen LogP contribution in [0.25, 0.3) is 0 Å². The zero-order valence-electron chi connectivity index (χ0n) is 10.8. The molecule has 0 aliphatic carbocycles. The number of carbonyl (C=O) groups is 1. The SMILES string of the molecule is Cn1cc(C(=O)NC2CCN(CCN)CC2)cn1. The number of amides is 1. The summed E-state index contributed by atoms with van der Waals surface area (Å²) in [5.41, 5.74) is 6.16. The van der Waals surface area contributed by atoms with Crippen LogP contribution in [0.2, 0.25) is 0 Å². The first-order valence-electron chi connectivity index (χ1n) is 6.41. The Morgan fingerprint density at radius 3 is 2.83 bits per heavy atom. The number of nitrogens with two attached hydrogens (primary N) is 1. The number of carbonyl (C=O) groups excluding carboxylic acids is 1. The third kappa shape index (κ3) is 3.30. The first-order chi connectivity index (χ1) is 8.69. The Kier molecular flexibility index (Phi) is 4.33. The normalized spacial score (nSPS) is 17.9. The van der Waals surface area contributed by atoms with Crippen LogP contribution in [0.5, 0.6) is 0 Å². The molecule has 0 unspecified atom stereocenters. The molecule has 0 radical (unpaired) electrons. The molecule has 0 atom stereocenters. The van der Waals surface area contributed by atoms with E-state index in [0.717, 1.165) is 32.5 Å². The molecule has 2 rings (SSSR count). The van der Waals surface area contributed by atoms with Gasteiger partial charge in [0.1, 0.15) is 0 Å². The van der Waals surface area contributed by atoms with E-state index in [1.807, 2.05) is 7.05 Å². The lowest BCUT2D eigenvalue weighted by molar-refractivity contribution is 0.0912. The van der Waals surface area contributed by atoms with E-state index in [9.17, 15) is 4.79 Å². The van der Waals surface area contributed by atoms with Gasteiger partial charge in [0.15, 0.2) is 0 Å². The van der Waals surface area contributed by atoms with Crippen LogP contribution in [0.1, 0.15) is 23.2 Å². The molecular formula is C12H21N5O. The van der Waals surface area contributed by atoms with Crippen LogP contribution < -0.4 is 11.1 Å². The van der Waals surface area contributed by atoms with Gasteiger partial charge in [-0.15, -0.1) is 0 Å². The van der Waals surface area contributed by atoms with E-state index >= 15 is 0 Å². The molecular weight excluding hydrogens is 230 g/mol. The van der Waals surface area contributed by atoms with Crippen LogP contribution >= 0.6 is 0 Å². The van der Waals surface area contributed by atoms with Crippen LogP contribution in [0.3, 0.4) is 0 Å². The maximum Gasteiger partial charge on any atom is 0.254 e. The van der Waals surface area contributed by atoms with Gasteiger partial charge in [-0.25, -0.2) is 0 Å². The maximum absolute atomic E-state index is 11.9. The summed E-state index contributed by atoms with van der Waals surface area (Å²) in [5.74, 6) is -0.0274. The van der Waals surface area contributed by atoms with Crippen LogP contribution in [-0.4, -0.2) is 52.8 Å². The molecule has 0 aromatic carbocycles. The number of nitrogens with zero attached hydrogens (tertiary/aromatic N) is 3. The third-order valence-electron chi connectivity index (χ3n) is 3.34. The third-order valence-corrected chi connectivity index (χ3v) is 3.34. The Labute approximate surface area is 107 Å². The number of aromatic nitrogens is 2. The highest BCUT2D eigenvalue weighted by atomic mass is 16.1. The van der Waals surface area contributed by atoms with Crippen LogP contribution in [0.4, 0.5) is 0 Å². The molecule has 1 amide bonds. The molecule has 0 bridgehead atoms. The molecule has 2 heterocycles. The van der Waals surface area contributed by atoms with Gasteiger partial charge in [-0.1, -0.05) is 0 Å². The Morgan fingerprint density at radius 2 is 2.28 bits per heavy atom. The Hall–Kier alpha value is -1.40. The van der Waals surface area contributed by atoms with Crippen molar-refractivity contribution in [3.63, 3.8) is 0 Å². The first kappa shape index (κ1) is 13.0. The minimum atomic E-state index is -0.0274. The van der Waals surface area contributed by atoms with Gasteiger partial charge in [0, 0.05) is 45.5 Å². The number of hydrogen-bond donors (Lipinski definition) is 2. The van der Waals surface area contributed by atoms with Gasteiger partial charge < -0.3 is 16.0 Å². The molecule has 3 N–H and O–H groups in total. The smallest absolute Gasteiger partial charge is 0.254 e. The molecule has 0 saturated carbocycles. The van der Waals surface area contributed by atoms with E-state index in [2.05, 4.69) is 15.3 Å². The van der Waals surface area contributed by atoms with Gasteiger partial charge >= 0.3 is 0 Å². The fourth-order valence-corrected chi connectivity index (χ4v) is 2.29. The lowest BCUT2D eigenvalue weighted by Crippen LogP contribution is -2.45. The monoisotopic (exact) mass is 251 g/mol. The second kappa shape index (κ2) is 5.97. The minimum absolute atomic E-state index is 0.0274. The van der Waals surface area contributed by atoms with Crippen molar-refractivity contribution in [3.8, 4) is 0 Å². The molecule has 6 heteroatoms. The molecule has 1 aliphatic heterocycles. The van der Waals surface area contributed by atoms with Crippen molar-refractivity contribution in [1.82, 2.24) is 20.0 Å². The molecule has 1 fully saturated rings. The van der Waals surface area contributed by atoms with Crippen LogP contribution in [-0.2, 0) is 7.05 Å².